The van der Waals surface area contributed by atoms with Crippen molar-refractivity contribution in [3.05, 3.63) is 54.1 Å². The zero-order valence-corrected chi connectivity index (χ0v) is 28.3. The van der Waals surface area contributed by atoms with Crippen LogP contribution in [0, 0.1) is 23.2 Å². The topological polar surface area (TPSA) is 223 Å². The molecule has 2 aromatic rings. The summed E-state index contributed by atoms with van der Waals surface area (Å²) in [6, 6.07) is 8.17. The molecule has 264 valence electrons. The minimum Gasteiger partial charge on any atom is -0.508 e. The van der Waals surface area contributed by atoms with Crippen LogP contribution in [0.25, 0.3) is 0 Å². The number of aromatic hydroxyl groups is 1. The number of nitrogens with one attached hydrogen (secondary N) is 5. The number of benzene rings is 2. The SMILES string of the molecule is CC(C)CC(NC(=O)Cc1ccc(NC(=O)Nc2ccc(O)cc2)cc1)C(=O)NC(CC#CCC(NC(=O)CC(C)(C)C)C(=O)O)C(=O)O. The van der Waals surface area contributed by atoms with E-state index in [1.165, 1.54) is 24.3 Å². The lowest BCUT2D eigenvalue weighted by atomic mass is 9.92. The van der Waals surface area contributed by atoms with Crippen LogP contribution in [-0.4, -0.2) is 69.1 Å². The molecule has 49 heavy (non-hydrogen) atoms. The quantitative estimate of drug-likeness (QED) is 0.102. The normalized spacial score (nSPS) is 12.7. The number of amides is 5. The zero-order chi connectivity index (χ0) is 36.7. The second-order valence-corrected chi connectivity index (χ2v) is 13.1. The Morgan fingerprint density at radius 1 is 0.694 bits per heavy atom. The summed E-state index contributed by atoms with van der Waals surface area (Å²) in [5.74, 6) is 0.900. The van der Waals surface area contributed by atoms with Gasteiger partial charge in [-0.05, 0) is 59.7 Å². The third-order valence-electron chi connectivity index (χ3n) is 6.74. The fourth-order valence-electron chi connectivity index (χ4n) is 4.43. The maximum absolute atomic E-state index is 13.1. The molecule has 0 saturated heterocycles. The molecule has 0 radical (unpaired) electrons. The molecular weight excluding hydrogens is 634 g/mol. The summed E-state index contributed by atoms with van der Waals surface area (Å²) in [4.78, 5) is 73.9. The van der Waals surface area contributed by atoms with E-state index in [0.717, 1.165) is 0 Å². The smallest absolute Gasteiger partial charge is 0.327 e. The van der Waals surface area contributed by atoms with Crippen molar-refractivity contribution in [3.8, 4) is 17.6 Å². The number of rotatable bonds is 15. The molecule has 0 bridgehead atoms. The molecule has 0 aliphatic heterocycles. The number of carbonyl (C=O) groups is 6. The molecule has 0 heterocycles. The minimum atomic E-state index is -1.43. The lowest BCUT2D eigenvalue weighted by Crippen LogP contribution is -2.52. The van der Waals surface area contributed by atoms with Crippen molar-refractivity contribution in [2.24, 2.45) is 11.3 Å². The van der Waals surface area contributed by atoms with Crippen LogP contribution in [0.5, 0.6) is 5.75 Å². The summed E-state index contributed by atoms with van der Waals surface area (Å²) in [7, 11) is 0. The van der Waals surface area contributed by atoms with Gasteiger partial charge in [0, 0.05) is 30.6 Å². The molecule has 0 spiro atoms. The summed E-state index contributed by atoms with van der Waals surface area (Å²) >= 11 is 0. The summed E-state index contributed by atoms with van der Waals surface area (Å²) < 4.78 is 0. The van der Waals surface area contributed by atoms with E-state index in [1.807, 2.05) is 34.6 Å². The van der Waals surface area contributed by atoms with Crippen LogP contribution in [0.4, 0.5) is 16.2 Å². The van der Waals surface area contributed by atoms with E-state index in [2.05, 4.69) is 38.4 Å². The number of hydrogen-bond acceptors (Lipinski definition) is 7. The molecule has 5 amide bonds. The predicted octanol–water partition coefficient (Wildman–Crippen LogP) is 3.47. The van der Waals surface area contributed by atoms with E-state index in [1.54, 1.807) is 24.3 Å². The fourth-order valence-corrected chi connectivity index (χ4v) is 4.43. The molecule has 14 nitrogen and oxygen atoms in total. The Labute approximate surface area is 285 Å². The number of phenolic OH excluding ortho intramolecular Hbond substituents is 1. The second-order valence-electron chi connectivity index (χ2n) is 13.1. The molecule has 14 heteroatoms. The van der Waals surface area contributed by atoms with Crippen LogP contribution in [0.1, 0.15) is 65.9 Å². The third-order valence-corrected chi connectivity index (χ3v) is 6.74. The molecule has 2 aromatic carbocycles. The van der Waals surface area contributed by atoms with Gasteiger partial charge in [-0.15, -0.1) is 11.8 Å². The van der Waals surface area contributed by atoms with Crippen LogP contribution < -0.4 is 26.6 Å². The average molecular weight is 680 g/mol. The van der Waals surface area contributed by atoms with Crippen LogP contribution in [0.15, 0.2) is 48.5 Å². The molecular formula is C35H45N5O9. The first kappa shape index (κ1) is 39.6. The van der Waals surface area contributed by atoms with E-state index in [0.29, 0.717) is 16.9 Å². The maximum Gasteiger partial charge on any atom is 0.327 e. The van der Waals surface area contributed by atoms with Crippen molar-refractivity contribution in [1.82, 2.24) is 16.0 Å². The lowest BCUT2D eigenvalue weighted by molar-refractivity contribution is -0.142. The molecule has 0 aliphatic rings. The van der Waals surface area contributed by atoms with E-state index >= 15 is 0 Å². The Morgan fingerprint density at radius 3 is 1.63 bits per heavy atom. The van der Waals surface area contributed by atoms with E-state index < -0.39 is 53.8 Å². The molecule has 2 rings (SSSR count). The number of urea groups is 1. The van der Waals surface area contributed by atoms with E-state index in [9.17, 15) is 44.1 Å². The van der Waals surface area contributed by atoms with Crippen molar-refractivity contribution < 1.29 is 44.1 Å². The molecule has 0 saturated carbocycles. The first-order chi connectivity index (χ1) is 22.9. The van der Waals surface area contributed by atoms with Gasteiger partial charge in [0.25, 0.3) is 0 Å². The van der Waals surface area contributed by atoms with Gasteiger partial charge in [-0.25, -0.2) is 14.4 Å². The summed E-state index contributed by atoms with van der Waals surface area (Å²) in [6.45, 7) is 9.20. The van der Waals surface area contributed by atoms with Crippen LogP contribution >= 0.6 is 0 Å². The summed E-state index contributed by atoms with van der Waals surface area (Å²) in [6.07, 6.45) is -0.352. The predicted molar refractivity (Wildman–Crippen MR) is 182 cm³/mol. The van der Waals surface area contributed by atoms with Crippen LogP contribution in [0.2, 0.25) is 0 Å². The zero-order valence-electron chi connectivity index (χ0n) is 28.3. The highest BCUT2D eigenvalue weighted by molar-refractivity contribution is 5.99. The largest absolute Gasteiger partial charge is 0.508 e. The summed E-state index contributed by atoms with van der Waals surface area (Å²) in [5, 5.41) is 41.2. The molecule has 0 aromatic heterocycles. The Morgan fingerprint density at radius 2 is 1.16 bits per heavy atom. The van der Waals surface area contributed by atoms with Crippen molar-refractivity contribution in [2.45, 2.75) is 84.8 Å². The highest BCUT2D eigenvalue weighted by Crippen LogP contribution is 2.18. The number of carboxylic acids is 2. The Balaban J connectivity index is 1.96. The fraction of sp³-hybridized carbons (Fsp3) is 0.429. The average Bonchev–Trinajstić information content (AvgIpc) is 2.98. The van der Waals surface area contributed by atoms with Gasteiger partial charge in [0.05, 0.1) is 6.42 Å². The maximum atomic E-state index is 13.1. The van der Waals surface area contributed by atoms with Gasteiger partial charge in [-0.3, -0.25) is 14.4 Å². The molecule has 8 N–H and O–H groups in total. The minimum absolute atomic E-state index is 0.0290. The number of carbonyl (C=O) groups excluding carboxylic acids is 4. The van der Waals surface area contributed by atoms with Crippen LogP contribution in [-0.2, 0) is 30.4 Å². The van der Waals surface area contributed by atoms with Crippen molar-refractivity contribution in [2.75, 3.05) is 10.6 Å². The van der Waals surface area contributed by atoms with Gasteiger partial charge in [0.2, 0.25) is 17.7 Å². The summed E-state index contributed by atoms with van der Waals surface area (Å²) in [5.41, 5.74) is 1.19. The van der Waals surface area contributed by atoms with Gasteiger partial charge in [0.15, 0.2) is 0 Å². The number of carboxylic acid groups (broad SMARTS) is 2. The van der Waals surface area contributed by atoms with Crippen molar-refractivity contribution in [3.63, 3.8) is 0 Å². The van der Waals surface area contributed by atoms with Gasteiger partial charge < -0.3 is 41.9 Å². The third kappa shape index (κ3) is 15.7. The standard InChI is InChI=1S/C35H45N5O9/c1-21(2)18-28(31(44)40-27(33(47)48)9-7-6-8-26(32(45)46)38-30(43)20-35(3,4)5)39-29(42)19-22-10-12-23(13-11-22)36-34(49)37-24-14-16-25(41)17-15-24/h10-17,21,26-28,41H,8-9,18-20H2,1-5H3,(H,38,43)(H,39,42)(H,40,44)(H,45,46)(H,47,48)(H2,36,37,49). The van der Waals surface area contributed by atoms with E-state index in [4.69, 9.17) is 0 Å². The van der Waals surface area contributed by atoms with Crippen molar-refractivity contribution in [1.29, 1.82) is 0 Å². The van der Waals surface area contributed by atoms with Gasteiger partial charge in [-0.2, -0.15) is 0 Å². The Bertz CT molecular complexity index is 1540. The molecule has 0 fully saturated rings. The molecule has 3 atom stereocenters. The number of phenols is 1. The van der Waals surface area contributed by atoms with Gasteiger partial charge in [0.1, 0.15) is 23.9 Å². The molecule has 0 aliphatic carbocycles. The Hall–Kier alpha value is -5.58. The van der Waals surface area contributed by atoms with Crippen molar-refractivity contribution >= 4 is 47.1 Å². The monoisotopic (exact) mass is 679 g/mol. The lowest BCUT2D eigenvalue weighted by Gasteiger charge is -2.22. The highest BCUT2D eigenvalue weighted by atomic mass is 16.4. The van der Waals surface area contributed by atoms with E-state index in [-0.39, 0.29) is 49.2 Å². The van der Waals surface area contributed by atoms with Gasteiger partial charge >= 0.3 is 18.0 Å². The first-order valence-electron chi connectivity index (χ1n) is 15.7. The number of anilines is 2. The second kappa shape index (κ2) is 18.7. The van der Waals surface area contributed by atoms with Gasteiger partial charge in [-0.1, -0.05) is 46.8 Å². The van der Waals surface area contributed by atoms with Crippen LogP contribution in [0.3, 0.4) is 0 Å². The molecule has 3 unspecified atom stereocenters. The highest BCUT2D eigenvalue weighted by Gasteiger charge is 2.27. The Kier molecular flexibility index (Phi) is 15.1. The number of hydrogen-bond donors (Lipinski definition) is 8. The first-order valence-corrected chi connectivity index (χ1v) is 15.7. The number of aliphatic carboxylic acids is 2.